The molecule has 0 atom stereocenters. The van der Waals surface area contributed by atoms with Crippen molar-refractivity contribution in [1.29, 1.82) is 0 Å². The van der Waals surface area contributed by atoms with Crippen LogP contribution in [0.15, 0.2) is 23.6 Å². The van der Waals surface area contributed by atoms with Crippen molar-refractivity contribution in [3.8, 4) is 0 Å². The summed E-state index contributed by atoms with van der Waals surface area (Å²) in [5.74, 6) is -1.23. The largest absolute Gasteiger partial charge is 0.443 e. The van der Waals surface area contributed by atoms with Gasteiger partial charge in [0.25, 0.3) is 5.91 Å². The number of carbonyl (C=O) groups is 1. The van der Waals surface area contributed by atoms with Crippen LogP contribution in [-0.2, 0) is 6.18 Å². The molecule has 0 unspecified atom stereocenters. The minimum absolute atomic E-state index is 0.0848. The summed E-state index contributed by atoms with van der Waals surface area (Å²) < 4.78 is 50.4. The average Bonchev–Trinajstić information content (AvgIpc) is 3.05. The molecule has 3 aromatic rings. The van der Waals surface area contributed by atoms with Crippen LogP contribution in [0, 0.1) is 5.82 Å². The molecule has 5 nitrogen and oxygen atoms in total. The van der Waals surface area contributed by atoms with Gasteiger partial charge in [-0.3, -0.25) is 9.89 Å². The summed E-state index contributed by atoms with van der Waals surface area (Å²) in [6.07, 6.45) is -4.60. The molecule has 0 spiro atoms. The number of rotatable bonds is 2. The van der Waals surface area contributed by atoms with Crippen LogP contribution in [0.5, 0.6) is 0 Å². The Labute approximate surface area is 124 Å². The van der Waals surface area contributed by atoms with Crippen molar-refractivity contribution in [3.05, 3.63) is 40.1 Å². The van der Waals surface area contributed by atoms with Crippen LogP contribution >= 0.6 is 11.3 Å². The second kappa shape index (κ2) is 5.05. The van der Waals surface area contributed by atoms with Gasteiger partial charge in [0.05, 0.1) is 5.52 Å². The number of fused-ring (bicyclic) bond motifs is 1. The van der Waals surface area contributed by atoms with Crippen LogP contribution < -0.4 is 5.32 Å². The van der Waals surface area contributed by atoms with Crippen LogP contribution in [0.1, 0.15) is 15.5 Å². The number of nitrogens with one attached hydrogen (secondary N) is 2. The van der Waals surface area contributed by atoms with Crippen molar-refractivity contribution < 1.29 is 22.4 Å². The van der Waals surface area contributed by atoms with Gasteiger partial charge >= 0.3 is 6.18 Å². The van der Waals surface area contributed by atoms with Gasteiger partial charge in [-0.15, -0.1) is 11.3 Å². The number of anilines is 1. The molecule has 1 aromatic carbocycles. The number of hydrogen-bond donors (Lipinski definition) is 2. The first-order chi connectivity index (χ1) is 10.3. The zero-order valence-electron chi connectivity index (χ0n) is 10.5. The molecule has 10 heteroatoms. The van der Waals surface area contributed by atoms with E-state index in [-0.39, 0.29) is 11.5 Å². The number of nitrogens with zero attached hydrogens (tertiary/aromatic N) is 2. The van der Waals surface area contributed by atoms with Crippen molar-refractivity contribution in [1.82, 2.24) is 15.2 Å². The molecule has 0 aliphatic heterocycles. The molecule has 2 aromatic heterocycles. The maximum atomic E-state index is 13.0. The Morgan fingerprint density at radius 2 is 2.09 bits per heavy atom. The van der Waals surface area contributed by atoms with Crippen LogP contribution in [-0.4, -0.2) is 21.1 Å². The summed E-state index contributed by atoms with van der Waals surface area (Å²) in [5.41, 5.74) is -0.0138. The van der Waals surface area contributed by atoms with Crippen molar-refractivity contribution in [3.63, 3.8) is 0 Å². The maximum absolute atomic E-state index is 13.0. The van der Waals surface area contributed by atoms with E-state index >= 15 is 0 Å². The number of halogens is 4. The second-order valence-corrected chi connectivity index (χ2v) is 5.11. The summed E-state index contributed by atoms with van der Waals surface area (Å²) in [6, 6.07) is 3.76. The van der Waals surface area contributed by atoms with E-state index in [9.17, 15) is 22.4 Å². The van der Waals surface area contributed by atoms with E-state index in [0.29, 0.717) is 22.2 Å². The fourth-order valence-electron chi connectivity index (χ4n) is 1.77. The van der Waals surface area contributed by atoms with Gasteiger partial charge < -0.3 is 5.32 Å². The molecule has 2 heterocycles. The van der Waals surface area contributed by atoms with Crippen LogP contribution in [0.2, 0.25) is 0 Å². The number of amides is 1. The Kier molecular flexibility index (Phi) is 3.32. The van der Waals surface area contributed by atoms with E-state index in [4.69, 9.17) is 0 Å². The van der Waals surface area contributed by atoms with E-state index in [2.05, 4.69) is 20.5 Å². The summed E-state index contributed by atoms with van der Waals surface area (Å²) in [5, 5.41) is 8.97. The van der Waals surface area contributed by atoms with Gasteiger partial charge in [0.15, 0.2) is 10.8 Å². The fraction of sp³-hybridized carbons (Fsp3) is 0.0833. The van der Waals surface area contributed by atoms with Gasteiger partial charge in [0.1, 0.15) is 11.5 Å². The van der Waals surface area contributed by atoms with Gasteiger partial charge in [-0.25, -0.2) is 9.37 Å². The minimum Gasteiger partial charge on any atom is -0.303 e. The lowest BCUT2D eigenvalue weighted by atomic mass is 10.2. The summed E-state index contributed by atoms with van der Waals surface area (Å²) in [7, 11) is 0. The average molecular weight is 330 g/mol. The third kappa shape index (κ3) is 2.64. The number of benzene rings is 1. The SMILES string of the molecule is O=C(Nc1n[nH]c2cc(F)ccc12)c1csc(C(F)(F)F)n1. The predicted molar refractivity (Wildman–Crippen MR) is 71.1 cm³/mol. The quantitative estimate of drug-likeness (QED) is 0.707. The normalized spacial score (nSPS) is 11.8. The molecule has 0 bridgehead atoms. The fourth-order valence-corrected chi connectivity index (χ4v) is 2.43. The number of thiazole rings is 1. The maximum Gasteiger partial charge on any atom is 0.443 e. The number of H-pyrrole nitrogens is 1. The highest BCUT2D eigenvalue weighted by Gasteiger charge is 2.35. The predicted octanol–water partition coefficient (Wildman–Crippen LogP) is 3.43. The van der Waals surface area contributed by atoms with E-state index in [1.165, 1.54) is 18.2 Å². The van der Waals surface area contributed by atoms with E-state index in [1.807, 2.05) is 0 Å². The lowest BCUT2D eigenvalue weighted by molar-refractivity contribution is -0.137. The number of hydrogen-bond acceptors (Lipinski definition) is 4. The third-order valence-electron chi connectivity index (χ3n) is 2.74. The first-order valence-electron chi connectivity index (χ1n) is 5.82. The number of aromatic amines is 1. The number of alkyl halides is 3. The highest BCUT2D eigenvalue weighted by molar-refractivity contribution is 7.10. The molecule has 22 heavy (non-hydrogen) atoms. The summed E-state index contributed by atoms with van der Waals surface area (Å²) in [4.78, 5) is 15.1. The zero-order valence-corrected chi connectivity index (χ0v) is 11.3. The van der Waals surface area contributed by atoms with Gasteiger partial charge in [-0.1, -0.05) is 0 Å². The Bertz CT molecular complexity index is 854. The molecule has 3 rings (SSSR count). The number of carbonyl (C=O) groups excluding carboxylic acids is 1. The smallest absolute Gasteiger partial charge is 0.303 e. The molecule has 0 radical (unpaired) electrons. The molecule has 0 saturated heterocycles. The van der Waals surface area contributed by atoms with Gasteiger partial charge in [-0.2, -0.15) is 18.3 Å². The summed E-state index contributed by atoms with van der Waals surface area (Å²) in [6.45, 7) is 0. The van der Waals surface area contributed by atoms with Crippen LogP contribution in [0.3, 0.4) is 0 Å². The number of aromatic nitrogens is 3. The van der Waals surface area contributed by atoms with Crippen molar-refractivity contribution in [2.45, 2.75) is 6.18 Å². The highest BCUT2D eigenvalue weighted by Crippen LogP contribution is 2.31. The highest BCUT2D eigenvalue weighted by atomic mass is 32.1. The van der Waals surface area contributed by atoms with E-state index < -0.39 is 22.9 Å². The van der Waals surface area contributed by atoms with E-state index in [1.54, 1.807) is 0 Å². The third-order valence-corrected chi connectivity index (χ3v) is 3.62. The second-order valence-electron chi connectivity index (χ2n) is 4.25. The lowest BCUT2D eigenvalue weighted by Crippen LogP contribution is -2.14. The molecule has 1 amide bonds. The Hall–Kier alpha value is -2.49. The minimum atomic E-state index is -4.60. The Morgan fingerprint density at radius 1 is 1.32 bits per heavy atom. The van der Waals surface area contributed by atoms with Crippen LogP contribution in [0.25, 0.3) is 10.9 Å². The first kappa shape index (κ1) is 14.4. The monoisotopic (exact) mass is 330 g/mol. The lowest BCUT2D eigenvalue weighted by Gasteiger charge is -2.01. The molecular weight excluding hydrogens is 324 g/mol. The first-order valence-corrected chi connectivity index (χ1v) is 6.70. The zero-order chi connectivity index (χ0) is 15.9. The van der Waals surface area contributed by atoms with Crippen molar-refractivity contribution in [2.24, 2.45) is 0 Å². The van der Waals surface area contributed by atoms with Crippen molar-refractivity contribution in [2.75, 3.05) is 5.32 Å². The molecule has 114 valence electrons. The van der Waals surface area contributed by atoms with Gasteiger partial charge in [-0.05, 0) is 18.2 Å². The van der Waals surface area contributed by atoms with Crippen molar-refractivity contribution >= 4 is 34.0 Å². The van der Waals surface area contributed by atoms with Gasteiger partial charge in [0.2, 0.25) is 0 Å². The standard InChI is InChI=1S/C12H6F4N4OS/c13-5-1-2-6-7(3-5)19-20-9(6)18-10(21)8-4-22-11(17-8)12(14,15)16/h1-4H,(H2,18,19,20,21). The molecule has 0 aliphatic carbocycles. The summed E-state index contributed by atoms with van der Waals surface area (Å²) >= 11 is 0.328. The molecule has 0 fully saturated rings. The molecular formula is C12H6F4N4OS. The molecule has 2 N–H and O–H groups in total. The topological polar surface area (TPSA) is 70.7 Å². The Morgan fingerprint density at radius 3 is 2.77 bits per heavy atom. The molecule has 0 aliphatic rings. The van der Waals surface area contributed by atoms with Gasteiger partial charge in [0, 0.05) is 10.8 Å². The van der Waals surface area contributed by atoms with E-state index in [0.717, 1.165) is 5.38 Å². The van der Waals surface area contributed by atoms with Crippen LogP contribution in [0.4, 0.5) is 23.4 Å². The molecule has 0 saturated carbocycles. The Balaban J connectivity index is 1.85.